The first-order valence-electron chi connectivity index (χ1n) is 11.4. The van der Waals surface area contributed by atoms with Crippen LogP contribution in [0.25, 0.3) is 0 Å². The summed E-state index contributed by atoms with van der Waals surface area (Å²) in [5, 5.41) is 30.5. The first-order valence-corrected chi connectivity index (χ1v) is 11.4. The third kappa shape index (κ3) is 3.25. The monoisotopic (exact) mass is 378 g/mol. The van der Waals surface area contributed by atoms with Crippen LogP contribution < -0.4 is 0 Å². The van der Waals surface area contributed by atoms with Crippen LogP contribution in [0.5, 0.6) is 0 Å². The van der Waals surface area contributed by atoms with Crippen molar-refractivity contribution in [3.63, 3.8) is 0 Å². The molecule has 3 N–H and O–H groups in total. The van der Waals surface area contributed by atoms with Gasteiger partial charge in [0.05, 0.1) is 12.2 Å². The van der Waals surface area contributed by atoms with Crippen molar-refractivity contribution in [2.75, 3.05) is 0 Å². The van der Waals surface area contributed by atoms with E-state index in [2.05, 4.69) is 13.8 Å². The third-order valence-electron chi connectivity index (χ3n) is 9.60. The zero-order valence-electron chi connectivity index (χ0n) is 17.0. The van der Waals surface area contributed by atoms with Crippen LogP contribution in [0.1, 0.15) is 78.1 Å². The Morgan fingerprint density at radius 2 is 1.74 bits per heavy atom. The van der Waals surface area contributed by atoms with E-state index in [4.69, 9.17) is 5.11 Å². The van der Waals surface area contributed by atoms with E-state index >= 15 is 0 Å². The zero-order chi connectivity index (χ0) is 19.3. The fourth-order valence-corrected chi connectivity index (χ4v) is 8.33. The molecule has 4 aliphatic carbocycles. The lowest BCUT2D eigenvalue weighted by atomic mass is 9.48. The molecule has 0 amide bonds. The summed E-state index contributed by atoms with van der Waals surface area (Å²) in [4.78, 5) is 11.0. The molecule has 0 aromatic carbocycles. The van der Waals surface area contributed by atoms with Gasteiger partial charge >= 0.3 is 5.97 Å². The molecule has 4 rings (SSSR count). The van der Waals surface area contributed by atoms with Gasteiger partial charge in [-0.05, 0) is 105 Å². The highest BCUT2D eigenvalue weighted by atomic mass is 16.4. The molecule has 0 spiro atoms. The zero-order valence-corrected chi connectivity index (χ0v) is 17.0. The number of carbonyl (C=O) groups is 1. The highest BCUT2D eigenvalue weighted by Crippen LogP contribution is 2.65. The van der Waals surface area contributed by atoms with E-state index < -0.39 is 5.97 Å². The number of rotatable bonds is 4. The Hall–Kier alpha value is -0.610. The molecule has 4 fully saturated rings. The maximum absolute atomic E-state index is 11.4. The van der Waals surface area contributed by atoms with Crippen LogP contribution in [0.15, 0.2) is 0 Å². The fourth-order valence-electron chi connectivity index (χ4n) is 8.33. The minimum Gasteiger partial charge on any atom is -0.481 e. The molecule has 4 aliphatic rings. The molecule has 0 aliphatic heterocycles. The Morgan fingerprint density at radius 3 is 2.48 bits per heavy atom. The molecule has 0 radical (unpaired) electrons. The quantitative estimate of drug-likeness (QED) is 0.688. The first kappa shape index (κ1) is 19.7. The van der Waals surface area contributed by atoms with Gasteiger partial charge in [-0.2, -0.15) is 0 Å². The van der Waals surface area contributed by atoms with Crippen molar-refractivity contribution in [2.45, 2.75) is 90.3 Å². The number of aliphatic carboxylic acids is 1. The van der Waals surface area contributed by atoms with Gasteiger partial charge in [-0.25, -0.2) is 0 Å². The second-order valence-corrected chi connectivity index (χ2v) is 10.6. The van der Waals surface area contributed by atoms with E-state index in [1.165, 1.54) is 19.3 Å². The Balaban J connectivity index is 1.52. The fraction of sp³-hybridized carbons (Fsp3) is 0.957. The standard InChI is InChI=1S/C23H38O4/c1-13(3-10-22(26)27)19-8-9-20-17-6-4-14-11-15(24)5-7-16(14)18(17)12-21(25)23(19,20)2/h13-21,24-25H,3-12H2,1-2H3,(H,26,27)/t13-,14-,15-,16+,17-,18-,19-,20+,21+,23-/m1/s1. The van der Waals surface area contributed by atoms with Crippen molar-refractivity contribution in [3.05, 3.63) is 0 Å². The Bertz CT molecular complexity index is 563. The van der Waals surface area contributed by atoms with Gasteiger partial charge in [0.25, 0.3) is 0 Å². The highest BCUT2D eigenvalue weighted by Gasteiger charge is 2.61. The maximum Gasteiger partial charge on any atom is 0.303 e. The number of hydrogen-bond donors (Lipinski definition) is 3. The second-order valence-electron chi connectivity index (χ2n) is 10.6. The summed E-state index contributed by atoms with van der Waals surface area (Å²) in [5.74, 6) is 3.43. The van der Waals surface area contributed by atoms with Crippen molar-refractivity contribution in [1.82, 2.24) is 0 Å². The van der Waals surface area contributed by atoms with Crippen LogP contribution in [0.2, 0.25) is 0 Å². The van der Waals surface area contributed by atoms with Crippen LogP contribution in [0.3, 0.4) is 0 Å². The molecule has 0 heterocycles. The Kier molecular flexibility index (Phi) is 5.35. The van der Waals surface area contributed by atoms with Gasteiger partial charge in [-0.3, -0.25) is 4.79 Å². The normalized spacial score (nSPS) is 50.4. The summed E-state index contributed by atoms with van der Waals surface area (Å²) in [6.45, 7) is 4.53. The number of aliphatic hydroxyl groups excluding tert-OH is 2. The van der Waals surface area contributed by atoms with E-state index in [1.807, 2.05) is 0 Å². The first-order chi connectivity index (χ1) is 12.8. The van der Waals surface area contributed by atoms with Crippen molar-refractivity contribution in [1.29, 1.82) is 0 Å². The average molecular weight is 379 g/mol. The molecule has 0 aromatic heterocycles. The lowest BCUT2D eigenvalue weighted by Crippen LogP contribution is -2.55. The van der Waals surface area contributed by atoms with E-state index in [9.17, 15) is 15.0 Å². The number of hydrogen-bond acceptors (Lipinski definition) is 3. The molecule has 154 valence electrons. The van der Waals surface area contributed by atoms with Gasteiger partial charge in [0.1, 0.15) is 0 Å². The van der Waals surface area contributed by atoms with E-state index in [0.29, 0.717) is 35.5 Å². The molecule has 27 heavy (non-hydrogen) atoms. The molecule has 0 unspecified atom stereocenters. The summed E-state index contributed by atoms with van der Waals surface area (Å²) in [6.07, 6.45) is 9.47. The van der Waals surface area contributed by atoms with Gasteiger partial charge in [0.2, 0.25) is 0 Å². The van der Waals surface area contributed by atoms with Crippen LogP contribution >= 0.6 is 0 Å². The molecule has 0 saturated heterocycles. The molecule has 4 saturated carbocycles. The third-order valence-corrected chi connectivity index (χ3v) is 9.60. The van der Waals surface area contributed by atoms with Gasteiger partial charge in [-0.15, -0.1) is 0 Å². The summed E-state index contributed by atoms with van der Waals surface area (Å²) < 4.78 is 0. The molecule has 0 aromatic rings. The molecular weight excluding hydrogens is 340 g/mol. The maximum atomic E-state index is 11.4. The second kappa shape index (κ2) is 7.33. The molecule has 0 bridgehead atoms. The molecular formula is C23H38O4. The van der Waals surface area contributed by atoms with Crippen molar-refractivity contribution in [3.8, 4) is 0 Å². The Morgan fingerprint density at radius 1 is 1.00 bits per heavy atom. The predicted molar refractivity (Wildman–Crippen MR) is 104 cm³/mol. The molecule has 4 nitrogen and oxygen atoms in total. The SMILES string of the molecule is C[C@H](CCC(=O)O)[C@H]1CC[C@H]2[C@@H]3CC[C@@H]4C[C@H](O)CC[C@@H]4[C@H]3C[C@H](O)[C@]12C. The minimum absolute atomic E-state index is 0.0416. The van der Waals surface area contributed by atoms with Crippen molar-refractivity contribution in [2.24, 2.45) is 46.8 Å². The molecule has 10 atom stereocenters. The number of carboxylic acid groups (broad SMARTS) is 1. The highest BCUT2D eigenvalue weighted by molar-refractivity contribution is 5.66. The van der Waals surface area contributed by atoms with Crippen LogP contribution in [0.4, 0.5) is 0 Å². The van der Waals surface area contributed by atoms with Gasteiger partial charge in [0.15, 0.2) is 0 Å². The van der Waals surface area contributed by atoms with Crippen LogP contribution in [-0.4, -0.2) is 33.5 Å². The summed E-state index contributed by atoms with van der Waals surface area (Å²) >= 11 is 0. The van der Waals surface area contributed by atoms with E-state index in [0.717, 1.165) is 44.4 Å². The van der Waals surface area contributed by atoms with Gasteiger partial charge in [0, 0.05) is 6.42 Å². The smallest absolute Gasteiger partial charge is 0.303 e. The van der Waals surface area contributed by atoms with E-state index in [1.54, 1.807) is 0 Å². The largest absolute Gasteiger partial charge is 0.481 e. The van der Waals surface area contributed by atoms with Crippen molar-refractivity contribution < 1.29 is 20.1 Å². The summed E-state index contributed by atoms with van der Waals surface area (Å²) in [6, 6.07) is 0. The Labute approximate surface area is 163 Å². The minimum atomic E-state index is -0.705. The van der Waals surface area contributed by atoms with Crippen molar-refractivity contribution >= 4 is 5.97 Å². The summed E-state index contributed by atoms with van der Waals surface area (Å²) in [5.41, 5.74) is -0.0416. The number of fused-ring (bicyclic) bond motifs is 5. The lowest BCUT2D eigenvalue weighted by Gasteiger charge is -2.58. The van der Waals surface area contributed by atoms with Gasteiger partial charge in [-0.1, -0.05) is 13.8 Å². The van der Waals surface area contributed by atoms with Gasteiger partial charge < -0.3 is 15.3 Å². The average Bonchev–Trinajstić information content (AvgIpc) is 2.98. The number of aliphatic hydroxyl groups is 2. The lowest BCUT2D eigenvalue weighted by molar-refractivity contribution is -0.148. The predicted octanol–water partition coefficient (Wildman–Crippen LogP) is 4.09. The topological polar surface area (TPSA) is 77.8 Å². The molecule has 4 heteroatoms. The summed E-state index contributed by atoms with van der Waals surface area (Å²) in [7, 11) is 0. The number of carboxylic acids is 1. The van der Waals surface area contributed by atoms with E-state index in [-0.39, 0.29) is 24.0 Å². The van der Waals surface area contributed by atoms with Crippen LogP contribution in [-0.2, 0) is 4.79 Å². The van der Waals surface area contributed by atoms with Crippen LogP contribution in [0, 0.1) is 46.8 Å².